The highest BCUT2D eigenvalue weighted by Crippen LogP contribution is 2.38. The van der Waals surface area contributed by atoms with E-state index in [1.807, 2.05) is 24.3 Å². The van der Waals surface area contributed by atoms with Gasteiger partial charge in [-0.05, 0) is 25.0 Å². The molecule has 5 nitrogen and oxygen atoms in total. The Morgan fingerprint density at radius 2 is 2.26 bits per heavy atom. The molecule has 1 aromatic heterocycles. The molecule has 2 aromatic rings. The van der Waals surface area contributed by atoms with Gasteiger partial charge in [0.1, 0.15) is 0 Å². The van der Waals surface area contributed by atoms with Gasteiger partial charge in [-0.3, -0.25) is 0 Å². The van der Waals surface area contributed by atoms with Crippen LogP contribution in [0.15, 0.2) is 24.3 Å². The van der Waals surface area contributed by atoms with Crippen LogP contribution < -0.4 is 11.1 Å². The summed E-state index contributed by atoms with van der Waals surface area (Å²) in [6.07, 6.45) is 2.56. The van der Waals surface area contributed by atoms with Crippen molar-refractivity contribution in [1.29, 1.82) is 0 Å². The Balaban J connectivity index is 1.54. The topological polar surface area (TPSA) is 76.0 Å². The highest BCUT2D eigenvalue weighted by molar-refractivity contribution is 5.77. The fourth-order valence-electron chi connectivity index (χ4n) is 3.31. The number of fused-ring (bicyclic) bond motifs is 2. The van der Waals surface area contributed by atoms with Gasteiger partial charge >= 0.3 is 0 Å². The number of imidazole rings is 1. The van der Waals surface area contributed by atoms with Crippen molar-refractivity contribution in [2.75, 3.05) is 11.9 Å². The van der Waals surface area contributed by atoms with Crippen LogP contribution in [0.25, 0.3) is 11.0 Å². The molecule has 1 saturated heterocycles. The van der Waals surface area contributed by atoms with Gasteiger partial charge in [-0.2, -0.15) is 0 Å². The van der Waals surface area contributed by atoms with Crippen LogP contribution in [0, 0.1) is 5.92 Å². The van der Waals surface area contributed by atoms with Gasteiger partial charge in [-0.25, -0.2) is 4.98 Å². The number of nitrogens with one attached hydrogen (secondary N) is 2. The maximum Gasteiger partial charge on any atom is 0.201 e. The van der Waals surface area contributed by atoms with Gasteiger partial charge in [-0.15, -0.1) is 0 Å². The number of nitrogens with zero attached hydrogens (tertiary/aromatic N) is 1. The van der Waals surface area contributed by atoms with Crippen LogP contribution in [0.5, 0.6) is 0 Å². The van der Waals surface area contributed by atoms with Gasteiger partial charge in [0, 0.05) is 18.6 Å². The van der Waals surface area contributed by atoms with Gasteiger partial charge in [0.2, 0.25) is 5.95 Å². The van der Waals surface area contributed by atoms with Crippen molar-refractivity contribution in [2.24, 2.45) is 11.7 Å². The molecule has 0 amide bonds. The van der Waals surface area contributed by atoms with Gasteiger partial charge in [0.15, 0.2) is 0 Å². The largest absolute Gasteiger partial charge is 0.376 e. The van der Waals surface area contributed by atoms with E-state index in [2.05, 4.69) is 15.3 Å². The van der Waals surface area contributed by atoms with Crippen molar-refractivity contribution in [3.63, 3.8) is 0 Å². The second kappa shape index (κ2) is 4.21. The molecule has 1 aliphatic heterocycles. The summed E-state index contributed by atoms with van der Waals surface area (Å²) in [5.74, 6) is 1.30. The van der Waals surface area contributed by atoms with Crippen molar-refractivity contribution >= 4 is 17.0 Å². The molecule has 19 heavy (non-hydrogen) atoms. The fraction of sp³-hybridized carbons (Fsp3) is 0.500. The number of aromatic amines is 1. The van der Waals surface area contributed by atoms with E-state index >= 15 is 0 Å². The summed E-state index contributed by atoms with van der Waals surface area (Å²) >= 11 is 0. The second-order valence-corrected chi connectivity index (χ2v) is 5.49. The highest BCUT2D eigenvalue weighted by atomic mass is 16.5. The first-order chi connectivity index (χ1) is 9.33. The van der Waals surface area contributed by atoms with E-state index in [-0.39, 0.29) is 18.2 Å². The molecular formula is C14H18N4O. The number of benzene rings is 1. The smallest absolute Gasteiger partial charge is 0.201 e. The highest BCUT2D eigenvalue weighted by Gasteiger charge is 2.50. The Labute approximate surface area is 111 Å². The third-order valence-electron chi connectivity index (χ3n) is 4.37. The van der Waals surface area contributed by atoms with Crippen molar-refractivity contribution in [2.45, 2.75) is 31.0 Å². The Morgan fingerprint density at radius 1 is 1.37 bits per heavy atom. The first-order valence-corrected chi connectivity index (χ1v) is 6.91. The Bertz CT molecular complexity index is 563. The summed E-state index contributed by atoms with van der Waals surface area (Å²) in [4.78, 5) is 7.81. The minimum atomic E-state index is 0.165. The van der Waals surface area contributed by atoms with E-state index in [9.17, 15) is 0 Å². The predicted octanol–water partition coefficient (Wildman–Crippen LogP) is 1.48. The lowest BCUT2D eigenvalue weighted by atomic mass is 9.69. The van der Waals surface area contributed by atoms with Crippen LogP contribution in [0.2, 0.25) is 0 Å². The van der Waals surface area contributed by atoms with Crippen LogP contribution in [0.4, 0.5) is 5.95 Å². The van der Waals surface area contributed by atoms with E-state index in [1.54, 1.807) is 0 Å². The zero-order valence-electron chi connectivity index (χ0n) is 10.7. The number of nitrogens with two attached hydrogens (primary N) is 1. The quantitative estimate of drug-likeness (QED) is 0.762. The lowest BCUT2D eigenvalue weighted by molar-refractivity contribution is -0.104. The van der Waals surface area contributed by atoms with Crippen LogP contribution in [0.1, 0.15) is 12.8 Å². The Morgan fingerprint density at radius 3 is 3.16 bits per heavy atom. The molecular weight excluding hydrogens is 240 g/mol. The molecule has 2 aliphatic rings. The lowest BCUT2D eigenvalue weighted by Gasteiger charge is -2.52. The van der Waals surface area contributed by atoms with Crippen molar-refractivity contribution in [1.82, 2.24) is 9.97 Å². The minimum absolute atomic E-state index is 0.165. The summed E-state index contributed by atoms with van der Waals surface area (Å²) in [5, 5.41) is 3.40. The van der Waals surface area contributed by atoms with Crippen molar-refractivity contribution < 1.29 is 4.74 Å². The molecule has 4 rings (SSSR count). The zero-order chi connectivity index (χ0) is 12.8. The molecule has 4 unspecified atom stereocenters. The number of aromatic nitrogens is 2. The van der Waals surface area contributed by atoms with E-state index < -0.39 is 0 Å². The first kappa shape index (κ1) is 11.3. The SMILES string of the molecule is NC1C2CCCOC2C1Nc1nc2ccccc2[nH]1. The van der Waals surface area contributed by atoms with Gasteiger partial charge in [-0.1, -0.05) is 12.1 Å². The predicted molar refractivity (Wildman–Crippen MR) is 73.9 cm³/mol. The number of rotatable bonds is 2. The number of para-hydroxylation sites is 2. The summed E-state index contributed by atoms with van der Waals surface area (Å²) in [6.45, 7) is 0.853. The number of H-pyrrole nitrogens is 1. The minimum Gasteiger partial charge on any atom is -0.376 e. The van der Waals surface area contributed by atoms with Crippen LogP contribution in [0.3, 0.4) is 0 Å². The second-order valence-electron chi connectivity index (χ2n) is 5.49. The zero-order valence-corrected chi connectivity index (χ0v) is 10.7. The molecule has 1 saturated carbocycles. The maximum absolute atomic E-state index is 6.24. The van der Waals surface area contributed by atoms with E-state index in [0.717, 1.165) is 30.0 Å². The summed E-state index contributed by atoms with van der Waals surface area (Å²) in [7, 11) is 0. The number of hydrogen-bond acceptors (Lipinski definition) is 4. The van der Waals surface area contributed by atoms with E-state index in [4.69, 9.17) is 10.5 Å². The standard InChI is InChI=1S/C14H18N4O/c15-11-8-4-3-7-19-13(8)12(11)18-14-16-9-5-1-2-6-10(9)17-14/h1-2,5-6,8,11-13H,3-4,7,15H2,(H2,16,17,18). The third kappa shape index (κ3) is 1.73. The number of anilines is 1. The Kier molecular flexibility index (Phi) is 2.50. The molecule has 2 heterocycles. The molecule has 4 atom stereocenters. The van der Waals surface area contributed by atoms with Gasteiger partial charge in [0.05, 0.1) is 23.2 Å². The average Bonchev–Trinajstić information content (AvgIpc) is 2.87. The van der Waals surface area contributed by atoms with Gasteiger partial charge in [0.25, 0.3) is 0 Å². The first-order valence-electron chi connectivity index (χ1n) is 6.91. The third-order valence-corrected chi connectivity index (χ3v) is 4.37. The monoisotopic (exact) mass is 258 g/mol. The fourth-order valence-corrected chi connectivity index (χ4v) is 3.31. The van der Waals surface area contributed by atoms with Crippen LogP contribution in [-0.4, -0.2) is 34.8 Å². The average molecular weight is 258 g/mol. The van der Waals surface area contributed by atoms with Gasteiger partial charge < -0.3 is 20.8 Å². The molecule has 0 bridgehead atoms. The van der Waals surface area contributed by atoms with E-state index in [1.165, 1.54) is 6.42 Å². The van der Waals surface area contributed by atoms with Crippen molar-refractivity contribution in [3.8, 4) is 0 Å². The molecule has 1 aliphatic carbocycles. The lowest BCUT2D eigenvalue weighted by Crippen LogP contribution is -2.69. The summed E-state index contributed by atoms with van der Waals surface area (Å²) in [5.41, 5.74) is 8.25. The molecule has 0 radical (unpaired) electrons. The molecule has 2 fully saturated rings. The molecule has 0 spiro atoms. The normalized spacial score (nSPS) is 33.7. The maximum atomic E-state index is 6.24. The molecule has 4 N–H and O–H groups in total. The molecule has 5 heteroatoms. The van der Waals surface area contributed by atoms with Crippen LogP contribution >= 0.6 is 0 Å². The van der Waals surface area contributed by atoms with E-state index in [0.29, 0.717) is 5.92 Å². The molecule has 100 valence electrons. The Hall–Kier alpha value is -1.59. The summed E-state index contributed by atoms with van der Waals surface area (Å²) in [6, 6.07) is 8.35. The number of hydrogen-bond donors (Lipinski definition) is 3. The number of ether oxygens (including phenoxy) is 1. The molecule has 1 aromatic carbocycles. The van der Waals surface area contributed by atoms with Crippen LogP contribution in [-0.2, 0) is 4.74 Å². The summed E-state index contributed by atoms with van der Waals surface area (Å²) < 4.78 is 5.82. The van der Waals surface area contributed by atoms with Crippen molar-refractivity contribution in [3.05, 3.63) is 24.3 Å².